The van der Waals surface area contributed by atoms with Gasteiger partial charge in [0.05, 0.1) is 26.7 Å². The second-order valence-electron chi connectivity index (χ2n) is 4.54. The molecule has 1 aromatic carbocycles. The smallest absolute Gasteiger partial charge is 0.272 e. The van der Waals surface area contributed by atoms with E-state index >= 15 is 0 Å². The van der Waals surface area contributed by atoms with Crippen LogP contribution in [0, 0.1) is 10.1 Å². The lowest BCUT2D eigenvalue weighted by atomic mass is 10.1. The molecule has 21 heavy (non-hydrogen) atoms. The molecule has 0 aliphatic rings. The Bertz CT molecular complexity index is 609. The van der Waals surface area contributed by atoms with E-state index in [1.165, 1.54) is 17.0 Å². The Balaban J connectivity index is 2.31. The first kappa shape index (κ1) is 16.1. The van der Waals surface area contributed by atoms with Gasteiger partial charge in [-0.05, 0) is 17.9 Å². The van der Waals surface area contributed by atoms with Gasteiger partial charge in [-0.1, -0.05) is 42.6 Å². The molecule has 1 unspecified atom stereocenters. The van der Waals surface area contributed by atoms with Crippen molar-refractivity contribution in [2.45, 2.75) is 25.8 Å². The highest BCUT2D eigenvalue weighted by molar-refractivity contribution is 7.10. The molecule has 0 bridgehead atoms. The molecule has 1 atom stereocenters. The van der Waals surface area contributed by atoms with Gasteiger partial charge in [0.25, 0.3) is 5.69 Å². The Labute approximate surface area is 136 Å². The van der Waals surface area contributed by atoms with E-state index in [4.69, 9.17) is 23.2 Å². The molecule has 0 fully saturated rings. The second kappa shape index (κ2) is 7.11. The molecule has 2 rings (SSSR count). The van der Waals surface area contributed by atoms with Gasteiger partial charge in [-0.2, -0.15) is 0 Å². The lowest BCUT2D eigenvalue weighted by Gasteiger charge is -2.20. The van der Waals surface area contributed by atoms with Crippen molar-refractivity contribution in [1.82, 2.24) is 0 Å². The summed E-state index contributed by atoms with van der Waals surface area (Å²) in [5.41, 5.74) is 0.425. The number of nitrogens with zero attached hydrogens (tertiary/aromatic N) is 1. The number of anilines is 1. The van der Waals surface area contributed by atoms with Crippen LogP contribution >= 0.6 is 34.5 Å². The first-order chi connectivity index (χ1) is 10.0. The molecule has 7 heteroatoms. The highest BCUT2D eigenvalue weighted by atomic mass is 35.5. The van der Waals surface area contributed by atoms with Gasteiger partial charge < -0.3 is 5.32 Å². The molecule has 0 saturated heterocycles. The Morgan fingerprint density at radius 3 is 2.52 bits per heavy atom. The summed E-state index contributed by atoms with van der Waals surface area (Å²) < 4.78 is 0. The van der Waals surface area contributed by atoms with E-state index in [-0.39, 0.29) is 21.8 Å². The first-order valence-electron chi connectivity index (χ1n) is 6.46. The fourth-order valence-corrected chi connectivity index (χ4v) is 3.44. The molecule has 1 N–H and O–H groups in total. The van der Waals surface area contributed by atoms with Gasteiger partial charge in [0, 0.05) is 17.0 Å². The van der Waals surface area contributed by atoms with E-state index in [1.54, 1.807) is 11.3 Å². The van der Waals surface area contributed by atoms with Crippen LogP contribution in [0.1, 0.15) is 30.7 Å². The third kappa shape index (κ3) is 3.87. The van der Waals surface area contributed by atoms with Gasteiger partial charge >= 0.3 is 0 Å². The van der Waals surface area contributed by atoms with Gasteiger partial charge in [0.1, 0.15) is 0 Å². The Morgan fingerprint density at radius 1 is 1.38 bits per heavy atom. The topological polar surface area (TPSA) is 55.2 Å². The summed E-state index contributed by atoms with van der Waals surface area (Å²) in [5, 5.41) is 16.6. The maximum atomic E-state index is 10.8. The number of rotatable bonds is 6. The predicted molar refractivity (Wildman–Crippen MR) is 88.7 cm³/mol. The molecule has 1 heterocycles. The zero-order valence-corrected chi connectivity index (χ0v) is 13.6. The lowest BCUT2D eigenvalue weighted by Crippen LogP contribution is -2.10. The average molecular weight is 345 g/mol. The number of nitro benzene ring substituents is 1. The van der Waals surface area contributed by atoms with Crippen molar-refractivity contribution in [3.63, 3.8) is 0 Å². The molecule has 0 spiro atoms. The fourth-order valence-electron chi connectivity index (χ4n) is 2.04. The molecule has 0 aliphatic heterocycles. The summed E-state index contributed by atoms with van der Waals surface area (Å²) in [6.45, 7) is 2.10. The molecule has 0 aliphatic carbocycles. The number of thiophene rings is 1. The molecule has 0 saturated carbocycles. The summed E-state index contributed by atoms with van der Waals surface area (Å²) >= 11 is 13.9. The van der Waals surface area contributed by atoms with Crippen LogP contribution in [0.25, 0.3) is 0 Å². The van der Waals surface area contributed by atoms with Crippen LogP contribution in [-0.2, 0) is 0 Å². The third-order valence-electron chi connectivity index (χ3n) is 3.02. The number of hydrogen-bond donors (Lipinski definition) is 1. The van der Waals surface area contributed by atoms with Crippen LogP contribution in [0.4, 0.5) is 11.4 Å². The second-order valence-corrected chi connectivity index (χ2v) is 6.34. The minimum Gasteiger partial charge on any atom is -0.375 e. The zero-order chi connectivity index (χ0) is 15.4. The number of nitro groups is 1. The van der Waals surface area contributed by atoms with E-state index in [0.29, 0.717) is 5.69 Å². The Morgan fingerprint density at radius 2 is 2.05 bits per heavy atom. The number of non-ortho nitro benzene ring substituents is 1. The van der Waals surface area contributed by atoms with Crippen molar-refractivity contribution >= 4 is 45.9 Å². The van der Waals surface area contributed by atoms with Crippen molar-refractivity contribution in [1.29, 1.82) is 0 Å². The van der Waals surface area contributed by atoms with Crippen molar-refractivity contribution in [2.24, 2.45) is 0 Å². The normalized spacial score (nSPS) is 12.1. The minimum atomic E-state index is -0.510. The predicted octanol–water partition coefficient (Wildman–Crippen LogP) is 5.92. The molecular weight excluding hydrogens is 331 g/mol. The largest absolute Gasteiger partial charge is 0.375 e. The number of halogens is 2. The maximum absolute atomic E-state index is 10.8. The number of nitrogens with one attached hydrogen (secondary N) is 1. The van der Waals surface area contributed by atoms with Crippen molar-refractivity contribution < 1.29 is 4.92 Å². The third-order valence-corrected chi connectivity index (χ3v) is 4.60. The molecule has 0 radical (unpaired) electrons. The van der Waals surface area contributed by atoms with E-state index in [2.05, 4.69) is 12.2 Å². The van der Waals surface area contributed by atoms with Crippen LogP contribution in [0.2, 0.25) is 10.0 Å². The van der Waals surface area contributed by atoms with Crippen molar-refractivity contribution in [2.75, 3.05) is 5.32 Å². The summed E-state index contributed by atoms with van der Waals surface area (Å²) in [6, 6.07) is 6.75. The van der Waals surface area contributed by atoms with Crippen LogP contribution < -0.4 is 5.32 Å². The lowest BCUT2D eigenvalue weighted by molar-refractivity contribution is -0.384. The summed E-state index contributed by atoms with van der Waals surface area (Å²) in [7, 11) is 0. The fraction of sp³-hybridized carbons (Fsp3) is 0.286. The molecule has 112 valence electrons. The zero-order valence-electron chi connectivity index (χ0n) is 11.3. The summed E-state index contributed by atoms with van der Waals surface area (Å²) in [4.78, 5) is 11.5. The van der Waals surface area contributed by atoms with Crippen LogP contribution in [0.5, 0.6) is 0 Å². The van der Waals surface area contributed by atoms with E-state index in [1.807, 2.05) is 17.5 Å². The molecule has 1 aromatic heterocycles. The van der Waals surface area contributed by atoms with E-state index in [0.717, 1.165) is 12.8 Å². The quantitative estimate of drug-likeness (QED) is 0.522. The molecular formula is C14H14Cl2N2O2S. The SMILES string of the molecule is CCCC(Nc1c(Cl)cc([N+](=O)[O-])cc1Cl)c1cccs1. The van der Waals surface area contributed by atoms with Gasteiger partial charge in [0.2, 0.25) is 0 Å². The standard InChI is InChI=1S/C14H14Cl2N2O2S/c1-2-4-12(13-5-3-6-21-13)17-14-10(15)7-9(18(19)20)8-11(14)16/h3,5-8,12,17H,2,4H2,1H3. The monoisotopic (exact) mass is 344 g/mol. The van der Waals surface area contributed by atoms with Gasteiger partial charge in [-0.15, -0.1) is 11.3 Å². The molecule has 0 amide bonds. The van der Waals surface area contributed by atoms with Crippen molar-refractivity contribution in [3.8, 4) is 0 Å². The summed E-state index contributed by atoms with van der Waals surface area (Å²) in [6.07, 6.45) is 1.92. The Hall–Kier alpha value is -1.30. The molecule has 4 nitrogen and oxygen atoms in total. The van der Waals surface area contributed by atoms with Crippen LogP contribution in [-0.4, -0.2) is 4.92 Å². The Kier molecular flexibility index (Phi) is 5.45. The van der Waals surface area contributed by atoms with Crippen LogP contribution in [0.3, 0.4) is 0 Å². The first-order valence-corrected chi connectivity index (χ1v) is 8.09. The van der Waals surface area contributed by atoms with Gasteiger partial charge in [-0.3, -0.25) is 10.1 Å². The summed E-state index contributed by atoms with van der Waals surface area (Å²) in [5.74, 6) is 0. The van der Waals surface area contributed by atoms with Crippen molar-refractivity contribution in [3.05, 3.63) is 54.7 Å². The minimum absolute atomic E-state index is 0.0893. The van der Waals surface area contributed by atoms with Gasteiger partial charge in [-0.25, -0.2) is 0 Å². The average Bonchev–Trinajstić information content (AvgIpc) is 2.95. The van der Waals surface area contributed by atoms with E-state index < -0.39 is 4.92 Å². The highest BCUT2D eigenvalue weighted by Gasteiger charge is 2.18. The number of hydrogen-bond acceptors (Lipinski definition) is 4. The van der Waals surface area contributed by atoms with E-state index in [9.17, 15) is 10.1 Å². The van der Waals surface area contributed by atoms with Crippen LogP contribution in [0.15, 0.2) is 29.6 Å². The maximum Gasteiger partial charge on any atom is 0.272 e. The highest BCUT2D eigenvalue weighted by Crippen LogP contribution is 2.38. The van der Waals surface area contributed by atoms with Gasteiger partial charge in [0.15, 0.2) is 0 Å². The number of benzene rings is 1. The molecule has 2 aromatic rings.